The number of likely N-dealkylation sites (N-methyl/N-ethyl adjacent to an activating group) is 1. The molecular weight excluding hydrogens is 839 g/mol. The number of benzene rings is 4. The van der Waals surface area contributed by atoms with Crippen LogP contribution in [0.15, 0.2) is 85.1 Å². The SMILES string of the molecule is CCN1C(=O)c2cccc3c2C(CC=C3c2cn(-c3ccc(N4CCOc5cc(C)ccc5N5CCOCCOCCN(CCOCC5)c5ccc(C)cc5OCC4)c(OC)c3)nn2)C1=O. The molecule has 9 rings (SSSR count). The topological polar surface area (TPSA) is 133 Å². The highest BCUT2D eigenvalue weighted by atomic mass is 16.5. The molecule has 1 aromatic heterocycles. The first-order valence-corrected chi connectivity index (χ1v) is 23.1. The standard InChI is InChI=1S/C51H59N7O8/c1-5-57-50(59)40-8-6-7-39-38(12-13-41(49(39)40)51(57)60)42-34-58(53-52-42)37-11-16-43(46(33-37)61-4)56-21-27-65-47-31-35(2)9-14-44(47)54-17-23-62-24-18-55(20-26-64-30-29-63-25-19-54)45-15-10-36(3)32-48(45)66-28-22-56/h6-12,14-16,31-34,41H,5,13,17-30H2,1-4H3. The molecule has 0 saturated carbocycles. The van der Waals surface area contributed by atoms with E-state index >= 15 is 0 Å². The van der Waals surface area contributed by atoms with Crippen LogP contribution >= 0.6 is 0 Å². The molecule has 3 aliphatic heterocycles. The van der Waals surface area contributed by atoms with Crippen LogP contribution in [-0.4, -0.2) is 137 Å². The molecule has 15 nitrogen and oxygen atoms in total. The summed E-state index contributed by atoms with van der Waals surface area (Å²) >= 11 is 0. The van der Waals surface area contributed by atoms with Crippen LogP contribution in [0, 0.1) is 13.8 Å². The Kier molecular flexibility index (Phi) is 13.8. The minimum absolute atomic E-state index is 0.154. The molecule has 0 radical (unpaired) electrons. The number of allylic oxidation sites excluding steroid dienone is 1. The third-order valence-electron chi connectivity index (χ3n) is 12.7. The summed E-state index contributed by atoms with van der Waals surface area (Å²) in [6.07, 6.45) is 4.40. The molecule has 66 heavy (non-hydrogen) atoms. The number of rotatable bonds is 5. The highest BCUT2D eigenvalue weighted by Crippen LogP contribution is 2.43. The molecule has 0 N–H and O–H groups in total. The molecule has 1 unspecified atom stereocenters. The van der Waals surface area contributed by atoms with E-state index in [1.807, 2.05) is 55.6 Å². The number of anilines is 3. The molecule has 1 fully saturated rings. The quantitative estimate of drug-likeness (QED) is 0.141. The van der Waals surface area contributed by atoms with E-state index in [9.17, 15) is 9.59 Å². The van der Waals surface area contributed by atoms with Gasteiger partial charge >= 0.3 is 0 Å². The molecule has 1 saturated heterocycles. The Bertz CT molecular complexity index is 2500. The van der Waals surface area contributed by atoms with Gasteiger partial charge in [-0.15, -0.1) is 5.10 Å². The average Bonchev–Trinajstić information content (AvgIpc) is 3.82. The van der Waals surface area contributed by atoms with Gasteiger partial charge in [0.1, 0.15) is 36.2 Å². The summed E-state index contributed by atoms with van der Waals surface area (Å²) in [6.45, 7) is 14.1. The van der Waals surface area contributed by atoms with Crippen molar-refractivity contribution in [1.82, 2.24) is 19.9 Å². The molecule has 1 atom stereocenters. The number of ether oxygens (including phenoxy) is 6. The van der Waals surface area contributed by atoms with Gasteiger partial charge in [-0.25, -0.2) is 4.68 Å². The molecule has 346 valence electrons. The monoisotopic (exact) mass is 897 g/mol. The number of fused-ring (bicyclic) bond motifs is 10. The fourth-order valence-electron chi connectivity index (χ4n) is 9.32. The second-order valence-electron chi connectivity index (χ2n) is 16.9. The van der Waals surface area contributed by atoms with Gasteiger partial charge in [-0.2, -0.15) is 0 Å². The van der Waals surface area contributed by atoms with E-state index in [-0.39, 0.29) is 11.8 Å². The van der Waals surface area contributed by atoms with E-state index in [1.54, 1.807) is 11.8 Å². The Hall–Kier alpha value is -6.42. The van der Waals surface area contributed by atoms with E-state index in [2.05, 4.69) is 75.3 Å². The van der Waals surface area contributed by atoms with Crippen LogP contribution in [0.5, 0.6) is 17.2 Å². The van der Waals surface area contributed by atoms with Crippen molar-refractivity contribution in [3.8, 4) is 22.9 Å². The first-order chi connectivity index (χ1) is 32.3. The van der Waals surface area contributed by atoms with Gasteiger partial charge in [0.2, 0.25) is 5.91 Å². The Labute approximate surface area is 386 Å². The lowest BCUT2D eigenvalue weighted by Gasteiger charge is -2.35. The molecule has 15 heteroatoms. The summed E-state index contributed by atoms with van der Waals surface area (Å²) in [7, 11) is 1.67. The molecule has 1 aliphatic carbocycles. The normalized spacial score (nSPS) is 18.9. The second-order valence-corrected chi connectivity index (χ2v) is 16.9. The van der Waals surface area contributed by atoms with E-state index in [1.165, 1.54) is 4.90 Å². The molecule has 0 spiro atoms. The summed E-state index contributed by atoms with van der Waals surface area (Å²) < 4.78 is 39.6. The fraction of sp³-hybridized carbons (Fsp3) is 0.412. The Morgan fingerprint density at radius 1 is 0.667 bits per heavy atom. The van der Waals surface area contributed by atoms with Gasteiger partial charge in [0.05, 0.1) is 94.7 Å². The lowest BCUT2D eigenvalue weighted by molar-refractivity contribution is -0.130. The minimum atomic E-state index is -0.399. The summed E-state index contributed by atoms with van der Waals surface area (Å²) in [5, 5.41) is 9.14. The molecule has 4 heterocycles. The highest BCUT2D eigenvalue weighted by molar-refractivity contribution is 6.13. The zero-order chi connectivity index (χ0) is 45.6. The van der Waals surface area contributed by atoms with Crippen LogP contribution in [0.1, 0.15) is 57.6 Å². The van der Waals surface area contributed by atoms with Crippen LogP contribution < -0.4 is 28.9 Å². The lowest BCUT2D eigenvalue weighted by atomic mass is 9.76. The maximum atomic E-state index is 13.4. The number of hydrogen-bond donors (Lipinski definition) is 0. The molecular formula is C51H59N7O8. The van der Waals surface area contributed by atoms with Gasteiger partial charge in [0, 0.05) is 49.9 Å². The van der Waals surface area contributed by atoms with Crippen LogP contribution in [0.3, 0.4) is 0 Å². The Morgan fingerprint density at radius 3 is 1.83 bits per heavy atom. The third-order valence-corrected chi connectivity index (χ3v) is 12.7. The van der Waals surface area contributed by atoms with Crippen LogP contribution in [-0.2, 0) is 19.0 Å². The second kappa shape index (κ2) is 20.4. The van der Waals surface area contributed by atoms with Crippen molar-refractivity contribution in [3.63, 3.8) is 0 Å². The van der Waals surface area contributed by atoms with E-state index in [0.717, 1.165) is 62.1 Å². The van der Waals surface area contributed by atoms with Crippen molar-refractivity contribution in [2.45, 2.75) is 33.1 Å². The molecule has 5 aromatic rings. The minimum Gasteiger partial charge on any atom is -0.495 e. The first kappa shape index (κ1) is 44.8. The van der Waals surface area contributed by atoms with Crippen molar-refractivity contribution in [2.75, 3.05) is 120 Å². The van der Waals surface area contributed by atoms with E-state index < -0.39 is 5.92 Å². The zero-order valence-electron chi connectivity index (χ0n) is 38.4. The molecule has 2 amide bonds. The van der Waals surface area contributed by atoms with Gasteiger partial charge < -0.3 is 43.1 Å². The Morgan fingerprint density at radius 2 is 1.23 bits per heavy atom. The largest absolute Gasteiger partial charge is 0.495 e. The van der Waals surface area contributed by atoms with Crippen LogP contribution in [0.4, 0.5) is 17.1 Å². The van der Waals surface area contributed by atoms with Gasteiger partial charge in [-0.3, -0.25) is 14.5 Å². The number of carbonyl (C=O) groups is 2. The number of aromatic nitrogens is 3. The van der Waals surface area contributed by atoms with Crippen molar-refractivity contribution in [1.29, 1.82) is 0 Å². The molecule has 4 aromatic carbocycles. The lowest BCUT2D eigenvalue weighted by Crippen LogP contribution is -2.45. The van der Waals surface area contributed by atoms with Crippen molar-refractivity contribution in [2.24, 2.45) is 0 Å². The van der Waals surface area contributed by atoms with E-state index in [4.69, 9.17) is 28.4 Å². The number of imide groups is 1. The van der Waals surface area contributed by atoms with Gasteiger partial charge in [0.15, 0.2) is 0 Å². The number of methoxy groups -OCH3 is 1. The van der Waals surface area contributed by atoms with Crippen LogP contribution in [0.2, 0.25) is 0 Å². The van der Waals surface area contributed by atoms with Gasteiger partial charge in [0.25, 0.3) is 5.91 Å². The summed E-state index contributed by atoms with van der Waals surface area (Å²) in [5.41, 5.74) is 9.50. The smallest absolute Gasteiger partial charge is 0.260 e. The molecule has 2 bridgehead atoms. The predicted octanol–water partition coefficient (Wildman–Crippen LogP) is 6.47. The number of aryl methyl sites for hydroxylation is 2. The summed E-state index contributed by atoms with van der Waals surface area (Å²) in [4.78, 5) is 34.8. The maximum absolute atomic E-state index is 13.4. The number of nitrogens with zero attached hydrogens (tertiary/aromatic N) is 7. The van der Waals surface area contributed by atoms with Crippen molar-refractivity contribution >= 4 is 34.4 Å². The zero-order valence-corrected chi connectivity index (χ0v) is 38.4. The maximum Gasteiger partial charge on any atom is 0.260 e. The van der Waals surface area contributed by atoms with E-state index in [0.29, 0.717) is 122 Å². The first-order valence-electron chi connectivity index (χ1n) is 23.1. The number of amides is 2. The van der Waals surface area contributed by atoms with Gasteiger partial charge in [-0.05, 0) is 91.9 Å². The fourth-order valence-corrected chi connectivity index (χ4v) is 9.32. The summed E-state index contributed by atoms with van der Waals surface area (Å²) in [6, 6.07) is 24.3. The molecule has 4 aliphatic rings. The van der Waals surface area contributed by atoms with Crippen molar-refractivity contribution < 1.29 is 38.0 Å². The predicted molar refractivity (Wildman–Crippen MR) is 253 cm³/mol. The summed E-state index contributed by atoms with van der Waals surface area (Å²) in [5.74, 6) is 1.44. The highest BCUT2D eigenvalue weighted by Gasteiger charge is 2.41. The number of carbonyl (C=O) groups excluding carboxylic acids is 2. The van der Waals surface area contributed by atoms with Crippen LogP contribution in [0.25, 0.3) is 11.3 Å². The van der Waals surface area contributed by atoms with Crippen molar-refractivity contribution in [3.05, 3.63) is 119 Å². The number of hydrogen-bond acceptors (Lipinski definition) is 13. The average molecular weight is 898 g/mol. The Balaban J connectivity index is 1.02. The van der Waals surface area contributed by atoms with Gasteiger partial charge in [-0.1, -0.05) is 35.6 Å². The third kappa shape index (κ3) is 9.46.